The number of ether oxygens (including phenoxy) is 3. The Labute approximate surface area is 183 Å². The van der Waals surface area contributed by atoms with E-state index in [0.29, 0.717) is 37.4 Å². The average molecular weight is 427 g/mol. The molecule has 1 atom stereocenters. The highest BCUT2D eigenvalue weighted by molar-refractivity contribution is 5.90. The minimum atomic E-state index is -0.911. The first-order valence-electron chi connectivity index (χ1n) is 10.5. The molecule has 1 unspecified atom stereocenters. The lowest BCUT2D eigenvalue weighted by atomic mass is 9.98. The van der Waals surface area contributed by atoms with Gasteiger partial charge in [-0.3, -0.25) is 9.69 Å². The Bertz CT molecular complexity index is 902. The van der Waals surface area contributed by atoms with Crippen LogP contribution in [0.15, 0.2) is 48.5 Å². The lowest BCUT2D eigenvalue weighted by Gasteiger charge is -2.33. The minimum absolute atomic E-state index is 0.165. The number of hydrogen-bond acceptors (Lipinski definition) is 5. The third-order valence-electron chi connectivity index (χ3n) is 5.70. The van der Waals surface area contributed by atoms with E-state index in [4.69, 9.17) is 14.2 Å². The number of methoxy groups -OCH3 is 2. The quantitative estimate of drug-likeness (QED) is 0.699. The van der Waals surface area contributed by atoms with E-state index in [9.17, 15) is 9.59 Å². The van der Waals surface area contributed by atoms with Crippen LogP contribution in [0.4, 0.5) is 4.79 Å². The Morgan fingerprint density at radius 1 is 1.03 bits per heavy atom. The SMILES string of the molecule is COc1ccc(CCNC(=O)C2(C)CCCN2C(=O)OCc2ccccc2)cc1OC. The Hall–Kier alpha value is -3.22. The lowest BCUT2D eigenvalue weighted by Crippen LogP contribution is -2.55. The summed E-state index contributed by atoms with van der Waals surface area (Å²) in [6.45, 7) is 2.95. The van der Waals surface area contributed by atoms with E-state index in [0.717, 1.165) is 17.5 Å². The number of rotatable bonds is 8. The molecule has 7 heteroatoms. The van der Waals surface area contributed by atoms with Crippen LogP contribution in [0, 0.1) is 0 Å². The summed E-state index contributed by atoms with van der Waals surface area (Å²) in [5.41, 5.74) is 1.02. The molecule has 31 heavy (non-hydrogen) atoms. The van der Waals surface area contributed by atoms with Gasteiger partial charge in [0.05, 0.1) is 14.2 Å². The number of carbonyl (C=O) groups is 2. The third-order valence-corrected chi connectivity index (χ3v) is 5.70. The molecule has 2 amide bonds. The maximum absolute atomic E-state index is 13.0. The van der Waals surface area contributed by atoms with Crippen LogP contribution in [0.1, 0.15) is 30.9 Å². The van der Waals surface area contributed by atoms with Crippen LogP contribution < -0.4 is 14.8 Å². The van der Waals surface area contributed by atoms with Crippen molar-refractivity contribution >= 4 is 12.0 Å². The van der Waals surface area contributed by atoms with Crippen molar-refractivity contribution in [1.29, 1.82) is 0 Å². The van der Waals surface area contributed by atoms with Gasteiger partial charge in [0.15, 0.2) is 11.5 Å². The van der Waals surface area contributed by atoms with Gasteiger partial charge in [-0.15, -0.1) is 0 Å². The predicted molar refractivity (Wildman–Crippen MR) is 117 cm³/mol. The topological polar surface area (TPSA) is 77.1 Å². The number of amides is 2. The fourth-order valence-electron chi connectivity index (χ4n) is 3.84. The van der Waals surface area contributed by atoms with Crippen LogP contribution in [0.2, 0.25) is 0 Å². The summed E-state index contributed by atoms with van der Waals surface area (Å²) < 4.78 is 16.0. The molecule has 7 nitrogen and oxygen atoms in total. The van der Waals surface area contributed by atoms with Gasteiger partial charge in [-0.2, -0.15) is 0 Å². The largest absolute Gasteiger partial charge is 0.493 e. The monoisotopic (exact) mass is 426 g/mol. The number of nitrogens with one attached hydrogen (secondary N) is 1. The lowest BCUT2D eigenvalue weighted by molar-refractivity contribution is -0.130. The van der Waals surface area contributed by atoms with Crippen molar-refractivity contribution in [3.8, 4) is 11.5 Å². The molecule has 166 valence electrons. The number of carbonyl (C=O) groups excluding carboxylic acids is 2. The van der Waals surface area contributed by atoms with Crippen LogP contribution in [-0.2, 0) is 22.6 Å². The van der Waals surface area contributed by atoms with Gasteiger partial charge in [-0.05, 0) is 49.4 Å². The van der Waals surface area contributed by atoms with Crippen molar-refractivity contribution in [2.75, 3.05) is 27.3 Å². The van der Waals surface area contributed by atoms with E-state index in [1.807, 2.05) is 48.5 Å². The molecule has 1 heterocycles. The standard InChI is InChI=1S/C24H30N2O5/c1-24(13-7-15-26(24)23(28)31-17-19-8-5-4-6-9-19)22(27)25-14-12-18-10-11-20(29-2)21(16-18)30-3/h4-6,8-11,16H,7,12-15,17H2,1-3H3,(H,25,27). The zero-order valence-corrected chi connectivity index (χ0v) is 18.3. The summed E-state index contributed by atoms with van der Waals surface area (Å²) in [5, 5.41) is 2.98. The van der Waals surface area contributed by atoms with Crippen molar-refractivity contribution in [2.24, 2.45) is 0 Å². The number of likely N-dealkylation sites (tertiary alicyclic amines) is 1. The van der Waals surface area contributed by atoms with Gasteiger partial charge >= 0.3 is 6.09 Å². The fourth-order valence-corrected chi connectivity index (χ4v) is 3.84. The van der Waals surface area contributed by atoms with E-state index in [-0.39, 0.29) is 12.5 Å². The molecule has 0 saturated carbocycles. The zero-order chi connectivity index (χ0) is 22.3. The molecule has 1 aliphatic rings. The maximum atomic E-state index is 13.0. The van der Waals surface area contributed by atoms with Crippen LogP contribution >= 0.6 is 0 Å². The molecule has 2 aromatic rings. The summed E-state index contributed by atoms with van der Waals surface area (Å²) in [4.78, 5) is 27.2. The second-order valence-corrected chi connectivity index (χ2v) is 7.76. The van der Waals surface area contributed by atoms with E-state index < -0.39 is 11.6 Å². The number of benzene rings is 2. The van der Waals surface area contributed by atoms with Gasteiger partial charge in [0.25, 0.3) is 0 Å². The summed E-state index contributed by atoms with van der Waals surface area (Å²) in [6.07, 6.45) is 1.55. The van der Waals surface area contributed by atoms with Gasteiger partial charge in [-0.1, -0.05) is 36.4 Å². The van der Waals surface area contributed by atoms with E-state index in [1.54, 1.807) is 26.0 Å². The maximum Gasteiger partial charge on any atom is 0.410 e. The first kappa shape index (κ1) is 22.5. The molecule has 2 aromatic carbocycles. The van der Waals surface area contributed by atoms with Crippen molar-refractivity contribution in [1.82, 2.24) is 10.2 Å². The summed E-state index contributed by atoms with van der Waals surface area (Å²) in [7, 11) is 3.19. The zero-order valence-electron chi connectivity index (χ0n) is 18.3. The van der Waals surface area contributed by atoms with Crippen molar-refractivity contribution in [3.05, 3.63) is 59.7 Å². The molecular formula is C24H30N2O5. The Morgan fingerprint density at radius 2 is 1.77 bits per heavy atom. The van der Waals surface area contributed by atoms with Crippen molar-refractivity contribution in [2.45, 2.75) is 38.3 Å². The van der Waals surface area contributed by atoms with Gasteiger partial charge < -0.3 is 19.5 Å². The molecule has 0 aromatic heterocycles. The smallest absolute Gasteiger partial charge is 0.410 e. The predicted octanol–water partition coefficient (Wildman–Crippen LogP) is 3.55. The van der Waals surface area contributed by atoms with E-state index in [2.05, 4.69) is 5.32 Å². The third kappa shape index (κ3) is 5.29. The van der Waals surface area contributed by atoms with Crippen LogP contribution in [0.5, 0.6) is 11.5 Å². The van der Waals surface area contributed by atoms with Crippen LogP contribution in [0.25, 0.3) is 0 Å². The molecule has 0 radical (unpaired) electrons. The highest BCUT2D eigenvalue weighted by Crippen LogP contribution is 2.30. The minimum Gasteiger partial charge on any atom is -0.493 e. The Kier molecular flexibility index (Phi) is 7.39. The molecule has 1 aliphatic heterocycles. The average Bonchev–Trinajstić information content (AvgIpc) is 3.20. The molecule has 3 rings (SSSR count). The van der Waals surface area contributed by atoms with Crippen molar-refractivity contribution in [3.63, 3.8) is 0 Å². The summed E-state index contributed by atoms with van der Waals surface area (Å²) >= 11 is 0. The van der Waals surface area contributed by atoms with Crippen LogP contribution in [0.3, 0.4) is 0 Å². The Morgan fingerprint density at radius 3 is 2.48 bits per heavy atom. The summed E-state index contributed by atoms with van der Waals surface area (Å²) in [5.74, 6) is 1.15. The normalized spacial score (nSPS) is 17.8. The van der Waals surface area contributed by atoms with Gasteiger partial charge in [0, 0.05) is 13.1 Å². The highest BCUT2D eigenvalue weighted by atomic mass is 16.6. The van der Waals surface area contributed by atoms with Crippen molar-refractivity contribution < 1.29 is 23.8 Å². The highest BCUT2D eigenvalue weighted by Gasteiger charge is 2.46. The summed E-state index contributed by atoms with van der Waals surface area (Å²) in [6, 6.07) is 15.2. The molecule has 1 saturated heterocycles. The Balaban J connectivity index is 1.55. The molecule has 0 bridgehead atoms. The molecule has 1 fully saturated rings. The second-order valence-electron chi connectivity index (χ2n) is 7.76. The van der Waals surface area contributed by atoms with E-state index in [1.165, 1.54) is 0 Å². The number of hydrogen-bond donors (Lipinski definition) is 1. The first-order valence-corrected chi connectivity index (χ1v) is 10.5. The molecule has 0 spiro atoms. The van der Waals surface area contributed by atoms with Gasteiger partial charge in [0.1, 0.15) is 12.1 Å². The second kappa shape index (κ2) is 10.2. The molecule has 0 aliphatic carbocycles. The first-order chi connectivity index (χ1) is 15.0. The van der Waals surface area contributed by atoms with Gasteiger partial charge in [0.2, 0.25) is 5.91 Å². The van der Waals surface area contributed by atoms with Gasteiger partial charge in [-0.25, -0.2) is 4.79 Å². The number of nitrogens with zero attached hydrogens (tertiary/aromatic N) is 1. The van der Waals surface area contributed by atoms with E-state index >= 15 is 0 Å². The molecule has 1 N–H and O–H groups in total. The fraction of sp³-hybridized carbons (Fsp3) is 0.417. The van der Waals surface area contributed by atoms with Crippen LogP contribution in [-0.4, -0.2) is 49.7 Å². The molecular weight excluding hydrogens is 396 g/mol.